The van der Waals surface area contributed by atoms with Crippen LogP contribution >= 0.6 is 11.3 Å². The van der Waals surface area contributed by atoms with Crippen LogP contribution in [0.15, 0.2) is 29.8 Å². The van der Waals surface area contributed by atoms with Gasteiger partial charge < -0.3 is 59.5 Å². The molecule has 2 heterocycles. The maximum absolute atomic E-state index is 13.8. The van der Waals surface area contributed by atoms with E-state index in [0.29, 0.717) is 52.9 Å². The maximum atomic E-state index is 13.8. The Morgan fingerprint density at radius 1 is 0.855 bits per heavy atom. The number of ether oxygens (including phenoxy) is 6. The topological polar surface area (TPSA) is 216 Å². The van der Waals surface area contributed by atoms with Gasteiger partial charge in [0.1, 0.15) is 18.7 Å². The first-order chi connectivity index (χ1) is 26.4. The van der Waals surface area contributed by atoms with Crippen LogP contribution in [0.5, 0.6) is 0 Å². The number of likely N-dealkylation sites (tertiary alicyclic amines) is 1. The summed E-state index contributed by atoms with van der Waals surface area (Å²) < 4.78 is 32.4. The van der Waals surface area contributed by atoms with Crippen LogP contribution in [0.2, 0.25) is 0 Å². The van der Waals surface area contributed by atoms with Crippen molar-refractivity contribution in [2.24, 2.45) is 5.41 Å². The molecule has 1 unspecified atom stereocenters. The van der Waals surface area contributed by atoms with Gasteiger partial charge in [-0.05, 0) is 23.5 Å². The van der Waals surface area contributed by atoms with Gasteiger partial charge in [0.2, 0.25) is 17.7 Å². The predicted octanol–water partition coefficient (Wildman–Crippen LogP) is 1.59. The summed E-state index contributed by atoms with van der Waals surface area (Å²) in [5.41, 5.74) is 4.01. The zero-order valence-corrected chi connectivity index (χ0v) is 33.0. The van der Waals surface area contributed by atoms with E-state index in [4.69, 9.17) is 33.5 Å². The number of benzene rings is 1. The first kappa shape index (κ1) is 45.6. The van der Waals surface area contributed by atoms with Crippen molar-refractivity contribution < 1.29 is 57.8 Å². The zero-order valence-electron chi connectivity index (χ0n) is 32.2. The minimum atomic E-state index is -1.08. The molecule has 0 saturated carbocycles. The van der Waals surface area contributed by atoms with Crippen LogP contribution in [-0.2, 0) is 49.3 Å². The average Bonchev–Trinajstić information content (AvgIpc) is 3.76. The Balaban J connectivity index is 1.27. The van der Waals surface area contributed by atoms with E-state index in [1.165, 1.54) is 4.90 Å². The summed E-state index contributed by atoms with van der Waals surface area (Å²) in [4.78, 5) is 57.0. The van der Waals surface area contributed by atoms with Gasteiger partial charge in [0.25, 0.3) is 0 Å². The second kappa shape index (κ2) is 24.7. The number of carbonyl (C=O) groups is 4. The van der Waals surface area contributed by atoms with Gasteiger partial charge >= 0.3 is 6.09 Å². The lowest BCUT2D eigenvalue weighted by atomic mass is 9.85. The molecule has 18 heteroatoms. The molecule has 1 aliphatic heterocycles. The molecule has 1 aliphatic rings. The number of hydrogen-bond acceptors (Lipinski definition) is 13. The van der Waals surface area contributed by atoms with Gasteiger partial charge in [0, 0.05) is 26.1 Å². The molecule has 1 saturated heterocycles. The number of hydrogen-bond donors (Lipinski definition) is 5. The van der Waals surface area contributed by atoms with Crippen molar-refractivity contribution in [2.75, 3.05) is 92.4 Å². The quantitative estimate of drug-likeness (QED) is 0.0857. The van der Waals surface area contributed by atoms with Gasteiger partial charge in [0.05, 0.1) is 94.9 Å². The van der Waals surface area contributed by atoms with Gasteiger partial charge in [-0.1, -0.05) is 45.0 Å². The number of nitrogens with zero attached hydrogens (tertiary/aromatic N) is 2. The Hall–Kier alpha value is -3.75. The summed E-state index contributed by atoms with van der Waals surface area (Å²) in [6.45, 7) is 11.3. The van der Waals surface area contributed by atoms with E-state index < -0.39 is 41.5 Å². The zero-order chi connectivity index (χ0) is 40.1. The molecule has 3 rings (SSSR count). The Labute approximate surface area is 326 Å². The van der Waals surface area contributed by atoms with Crippen molar-refractivity contribution in [1.29, 1.82) is 0 Å². The molecule has 1 aromatic heterocycles. The van der Waals surface area contributed by atoms with Crippen LogP contribution in [0, 0.1) is 12.3 Å². The number of aromatic nitrogens is 1. The van der Waals surface area contributed by atoms with Crippen LogP contribution in [0.4, 0.5) is 4.79 Å². The van der Waals surface area contributed by atoms with Crippen molar-refractivity contribution >= 4 is 35.2 Å². The molecule has 2 aromatic rings. The average molecular weight is 796 g/mol. The number of aryl methyl sites for hydroxylation is 1. The number of thiazole rings is 1. The monoisotopic (exact) mass is 795 g/mol. The van der Waals surface area contributed by atoms with Crippen molar-refractivity contribution in [3.8, 4) is 10.4 Å². The Morgan fingerprint density at radius 2 is 1.40 bits per heavy atom. The minimum Gasteiger partial charge on any atom is -0.465 e. The highest BCUT2D eigenvalue weighted by molar-refractivity contribution is 7.13. The third kappa shape index (κ3) is 17.3. The fourth-order valence-corrected chi connectivity index (χ4v) is 6.29. The van der Waals surface area contributed by atoms with Gasteiger partial charge in [0.15, 0.2) is 0 Å². The van der Waals surface area contributed by atoms with Crippen molar-refractivity contribution in [2.45, 2.75) is 58.8 Å². The molecule has 17 nitrogen and oxygen atoms in total. The summed E-state index contributed by atoms with van der Waals surface area (Å²) in [6, 6.07) is 6.00. The molecule has 0 spiro atoms. The summed E-state index contributed by atoms with van der Waals surface area (Å²) in [7, 11) is 0. The van der Waals surface area contributed by atoms with Crippen molar-refractivity contribution in [3.63, 3.8) is 0 Å². The van der Waals surface area contributed by atoms with Gasteiger partial charge in [-0.25, -0.2) is 9.78 Å². The van der Waals surface area contributed by atoms with Gasteiger partial charge in [-0.2, -0.15) is 0 Å². The largest absolute Gasteiger partial charge is 0.465 e. The Kier molecular flexibility index (Phi) is 20.5. The lowest BCUT2D eigenvalue weighted by molar-refractivity contribution is -0.144. The molecule has 1 aromatic carbocycles. The van der Waals surface area contributed by atoms with Crippen LogP contribution in [0.25, 0.3) is 10.4 Å². The van der Waals surface area contributed by atoms with E-state index in [1.807, 2.05) is 52.0 Å². The number of β-amino-alcohol motifs (C(OH)–C–C–N with tert-alkyl or cyclic N) is 1. The van der Waals surface area contributed by atoms with E-state index in [0.717, 1.165) is 21.7 Å². The lowest BCUT2D eigenvalue weighted by Crippen LogP contribution is -2.58. The second-order valence-electron chi connectivity index (χ2n) is 13.8. The summed E-state index contributed by atoms with van der Waals surface area (Å²) in [5.74, 6) is -1.31. The highest BCUT2D eigenvalue weighted by Gasteiger charge is 2.44. The molecule has 0 aliphatic carbocycles. The van der Waals surface area contributed by atoms with Crippen LogP contribution in [0.3, 0.4) is 0 Å². The third-order valence-corrected chi connectivity index (χ3v) is 9.30. The fraction of sp³-hybridized carbons (Fsp3) is 0.649. The summed E-state index contributed by atoms with van der Waals surface area (Å²) in [6.07, 6.45) is -1.86. The van der Waals surface area contributed by atoms with Crippen LogP contribution < -0.4 is 16.0 Å². The van der Waals surface area contributed by atoms with Gasteiger partial charge in [-0.15, -0.1) is 11.3 Å². The molecular weight excluding hydrogens is 738 g/mol. The van der Waals surface area contributed by atoms with Gasteiger partial charge in [-0.3, -0.25) is 14.4 Å². The fourth-order valence-electron chi connectivity index (χ4n) is 5.48. The molecule has 0 bridgehead atoms. The van der Waals surface area contributed by atoms with E-state index in [-0.39, 0.29) is 58.4 Å². The number of aliphatic hydroxyl groups excluding tert-OH is 1. The third-order valence-electron chi connectivity index (χ3n) is 8.33. The lowest BCUT2D eigenvalue weighted by Gasteiger charge is -2.35. The summed E-state index contributed by atoms with van der Waals surface area (Å²) >= 11 is 1.57. The number of carboxylic acid groups (broad SMARTS) is 1. The Bertz CT molecular complexity index is 1450. The number of rotatable bonds is 26. The van der Waals surface area contributed by atoms with E-state index in [2.05, 4.69) is 20.9 Å². The SMILES string of the molecule is Cc1ncsc1-c1ccc(CNC(=O)[C@@H]2C[C@@H](O)CN2C(=O)C(NC(=O)COCCOCCOCCOCCOCCOCCNC(=O)O)C(C)(C)C)cc1. The normalized spacial score (nSPS) is 16.2. The summed E-state index contributed by atoms with van der Waals surface area (Å²) in [5, 5.41) is 26.8. The molecule has 4 amide bonds. The Morgan fingerprint density at radius 3 is 1.91 bits per heavy atom. The molecule has 55 heavy (non-hydrogen) atoms. The van der Waals surface area contributed by atoms with E-state index in [1.54, 1.807) is 16.8 Å². The first-order valence-corrected chi connectivity index (χ1v) is 19.2. The number of aliphatic hydroxyl groups is 1. The van der Waals surface area contributed by atoms with E-state index in [9.17, 15) is 24.3 Å². The maximum Gasteiger partial charge on any atom is 0.404 e. The molecular formula is C37H57N5O12S. The highest BCUT2D eigenvalue weighted by atomic mass is 32.1. The molecule has 3 atom stereocenters. The van der Waals surface area contributed by atoms with Crippen LogP contribution in [-0.4, -0.2) is 154 Å². The number of amides is 4. The molecule has 5 N–H and O–H groups in total. The minimum absolute atomic E-state index is 0.0165. The molecule has 308 valence electrons. The highest BCUT2D eigenvalue weighted by Crippen LogP contribution is 2.28. The number of nitrogens with one attached hydrogen (secondary N) is 3. The van der Waals surface area contributed by atoms with Crippen molar-refractivity contribution in [3.05, 3.63) is 41.0 Å². The van der Waals surface area contributed by atoms with Crippen LogP contribution in [0.1, 0.15) is 38.4 Å². The first-order valence-electron chi connectivity index (χ1n) is 18.3. The molecule has 0 radical (unpaired) electrons. The molecule has 1 fully saturated rings. The smallest absolute Gasteiger partial charge is 0.404 e. The predicted molar refractivity (Wildman–Crippen MR) is 203 cm³/mol. The van der Waals surface area contributed by atoms with E-state index >= 15 is 0 Å². The second-order valence-corrected chi connectivity index (χ2v) is 14.6. The standard InChI is InChI=1S/C37H57N5O12S/c1-26-32(55-25-40-26)28-7-5-27(6-8-28)22-39-34(45)30-21-29(43)23-42(30)35(46)33(37(2,3)4)41-31(44)24-54-20-19-53-18-17-52-16-15-51-14-13-50-12-11-49-10-9-38-36(47)48/h5-8,25,29-30,33,38,43H,9-24H2,1-4H3,(H,39,45)(H,41,44)(H,47,48)/t29-,30+,33?/m1/s1. The van der Waals surface area contributed by atoms with Crippen molar-refractivity contribution in [1.82, 2.24) is 25.8 Å². The number of carbonyl (C=O) groups excluding carboxylic acids is 3.